The van der Waals surface area contributed by atoms with E-state index in [0.717, 1.165) is 28.7 Å². The Morgan fingerprint density at radius 1 is 1.36 bits per heavy atom. The number of amides is 1. The number of aromatic amines is 1. The topological polar surface area (TPSA) is 53.9 Å². The van der Waals surface area contributed by atoms with Gasteiger partial charge in [0.1, 0.15) is 0 Å². The third-order valence-electron chi connectivity index (χ3n) is 4.17. The number of carbonyl (C=O) groups excluding carboxylic acids is 1. The predicted molar refractivity (Wildman–Crippen MR) is 87.0 cm³/mol. The number of carbonyl (C=O) groups is 1. The van der Waals surface area contributed by atoms with E-state index in [1.54, 1.807) is 17.4 Å². The molecule has 0 atom stereocenters. The van der Waals surface area contributed by atoms with Crippen molar-refractivity contribution in [2.75, 3.05) is 13.6 Å². The van der Waals surface area contributed by atoms with Gasteiger partial charge in [0.15, 0.2) is 0 Å². The van der Waals surface area contributed by atoms with Crippen LogP contribution in [0.1, 0.15) is 21.6 Å². The molecule has 5 heteroatoms. The van der Waals surface area contributed by atoms with Crippen molar-refractivity contribution in [2.24, 2.45) is 0 Å². The maximum atomic E-state index is 12.7. The van der Waals surface area contributed by atoms with Gasteiger partial charge in [0.2, 0.25) is 0 Å². The second-order valence-corrected chi connectivity index (χ2v) is 5.63. The van der Waals surface area contributed by atoms with Crippen molar-refractivity contribution in [1.29, 1.82) is 0 Å². The summed E-state index contributed by atoms with van der Waals surface area (Å²) in [5.74, 6) is 0.0342. The van der Waals surface area contributed by atoms with E-state index in [1.165, 1.54) is 5.56 Å². The number of aromatic nitrogens is 3. The summed E-state index contributed by atoms with van der Waals surface area (Å²) >= 11 is 0. The number of rotatable bonds is 4. The summed E-state index contributed by atoms with van der Waals surface area (Å²) in [5.41, 5.74) is 3.96. The minimum absolute atomic E-state index is 0.0342. The van der Waals surface area contributed by atoms with Crippen LogP contribution in [0, 0.1) is 13.8 Å². The van der Waals surface area contributed by atoms with Gasteiger partial charge in [-0.2, -0.15) is 0 Å². The molecule has 22 heavy (non-hydrogen) atoms. The fraction of sp³-hybridized carbons (Fsp3) is 0.294. The molecule has 3 aromatic rings. The van der Waals surface area contributed by atoms with E-state index in [2.05, 4.69) is 23.0 Å². The molecule has 0 unspecified atom stereocenters. The zero-order valence-corrected chi connectivity index (χ0v) is 13.1. The molecule has 0 aliphatic heterocycles. The number of benzene rings is 1. The highest BCUT2D eigenvalue weighted by molar-refractivity contribution is 6.06. The minimum Gasteiger partial charge on any atom is -0.358 e. The van der Waals surface area contributed by atoms with Gasteiger partial charge < -0.3 is 14.5 Å². The molecular weight excluding hydrogens is 276 g/mol. The lowest BCUT2D eigenvalue weighted by Gasteiger charge is -2.18. The van der Waals surface area contributed by atoms with E-state index in [1.807, 2.05) is 36.9 Å². The lowest BCUT2D eigenvalue weighted by molar-refractivity contribution is 0.0792. The number of imidazole rings is 1. The van der Waals surface area contributed by atoms with Crippen molar-refractivity contribution in [3.05, 3.63) is 53.7 Å². The molecule has 0 radical (unpaired) electrons. The van der Waals surface area contributed by atoms with Crippen LogP contribution in [0.15, 0.2) is 36.9 Å². The SMILES string of the molecule is Cc1[nH]c2c(C(=O)N(C)CCn3ccnc3)cccc2c1C. The first-order chi connectivity index (χ1) is 10.6. The van der Waals surface area contributed by atoms with E-state index in [9.17, 15) is 4.79 Å². The number of para-hydroxylation sites is 1. The molecule has 0 saturated carbocycles. The Morgan fingerprint density at radius 2 is 2.18 bits per heavy atom. The molecule has 0 saturated heterocycles. The van der Waals surface area contributed by atoms with Crippen molar-refractivity contribution in [3.8, 4) is 0 Å². The number of H-pyrrole nitrogens is 1. The summed E-state index contributed by atoms with van der Waals surface area (Å²) in [6, 6.07) is 5.88. The Labute approximate surface area is 129 Å². The second-order valence-electron chi connectivity index (χ2n) is 5.63. The molecule has 1 aromatic carbocycles. The molecule has 1 amide bonds. The fourth-order valence-electron chi connectivity index (χ4n) is 2.65. The Morgan fingerprint density at radius 3 is 2.91 bits per heavy atom. The second kappa shape index (κ2) is 5.67. The Balaban J connectivity index is 1.83. The van der Waals surface area contributed by atoms with Gasteiger partial charge in [-0.1, -0.05) is 12.1 Å². The van der Waals surface area contributed by atoms with Gasteiger partial charge in [-0.25, -0.2) is 4.98 Å². The molecule has 2 aromatic heterocycles. The van der Waals surface area contributed by atoms with E-state index in [0.29, 0.717) is 6.54 Å². The van der Waals surface area contributed by atoms with Gasteiger partial charge in [-0.05, 0) is 25.5 Å². The van der Waals surface area contributed by atoms with E-state index in [-0.39, 0.29) is 5.91 Å². The third kappa shape index (κ3) is 2.50. The van der Waals surface area contributed by atoms with E-state index >= 15 is 0 Å². The zero-order chi connectivity index (χ0) is 15.7. The molecular formula is C17H20N4O. The molecule has 0 aliphatic carbocycles. The summed E-state index contributed by atoms with van der Waals surface area (Å²) in [6.45, 7) is 5.49. The monoisotopic (exact) mass is 296 g/mol. The summed E-state index contributed by atoms with van der Waals surface area (Å²) in [4.78, 5) is 21.8. The number of fused-ring (bicyclic) bond motifs is 1. The average molecular weight is 296 g/mol. The Hall–Kier alpha value is -2.56. The fourth-order valence-corrected chi connectivity index (χ4v) is 2.65. The first-order valence-corrected chi connectivity index (χ1v) is 7.37. The standard InChI is InChI=1S/C17H20N4O/c1-12-13(2)19-16-14(12)5-4-6-15(16)17(22)20(3)9-10-21-8-7-18-11-21/h4-8,11,19H,9-10H2,1-3H3. The van der Waals surface area contributed by atoms with Gasteiger partial charge in [0, 0.05) is 43.6 Å². The maximum absolute atomic E-state index is 12.7. The van der Waals surface area contributed by atoms with Crippen LogP contribution in [0.5, 0.6) is 0 Å². The Kier molecular flexibility index (Phi) is 3.71. The van der Waals surface area contributed by atoms with Crippen LogP contribution >= 0.6 is 0 Å². The quantitative estimate of drug-likeness (QED) is 0.805. The first-order valence-electron chi connectivity index (χ1n) is 7.37. The van der Waals surface area contributed by atoms with E-state index in [4.69, 9.17) is 0 Å². The smallest absolute Gasteiger partial charge is 0.255 e. The highest BCUT2D eigenvalue weighted by Crippen LogP contribution is 2.24. The zero-order valence-electron chi connectivity index (χ0n) is 13.1. The summed E-state index contributed by atoms with van der Waals surface area (Å²) < 4.78 is 1.97. The van der Waals surface area contributed by atoms with Crippen LogP contribution in [0.2, 0.25) is 0 Å². The van der Waals surface area contributed by atoms with E-state index < -0.39 is 0 Å². The Bertz CT molecular complexity index is 802. The van der Waals surface area contributed by atoms with Crippen LogP contribution in [0.25, 0.3) is 10.9 Å². The van der Waals surface area contributed by atoms with Crippen molar-refractivity contribution < 1.29 is 4.79 Å². The summed E-state index contributed by atoms with van der Waals surface area (Å²) in [6.07, 6.45) is 5.40. The van der Waals surface area contributed by atoms with Gasteiger partial charge >= 0.3 is 0 Å². The molecule has 0 fully saturated rings. The largest absolute Gasteiger partial charge is 0.358 e. The van der Waals surface area contributed by atoms with Crippen molar-refractivity contribution in [2.45, 2.75) is 20.4 Å². The summed E-state index contributed by atoms with van der Waals surface area (Å²) in [5, 5.41) is 1.12. The van der Waals surface area contributed by atoms with Crippen LogP contribution in [-0.4, -0.2) is 38.9 Å². The highest BCUT2D eigenvalue weighted by atomic mass is 16.2. The highest BCUT2D eigenvalue weighted by Gasteiger charge is 2.17. The van der Waals surface area contributed by atoms with Gasteiger partial charge in [0.25, 0.3) is 5.91 Å². The molecule has 0 aliphatic rings. The van der Waals surface area contributed by atoms with Gasteiger partial charge in [-0.15, -0.1) is 0 Å². The van der Waals surface area contributed by atoms with Crippen molar-refractivity contribution in [3.63, 3.8) is 0 Å². The van der Waals surface area contributed by atoms with Crippen LogP contribution in [0.3, 0.4) is 0 Å². The van der Waals surface area contributed by atoms with Gasteiger partial charge in [0.05, 0.1) is 17.4 Å². The summed E-state index contributed by atoms with van der Waals surface area (Å²) in [7, 11) is 1.83. The normalized spacial score (nSPS) is 11.0. The molecule has 3 rings (SSSR count). The lowest BCUT2D eigenvalue weighted by Crippen LogP contribution is -2.30. The van der Waals surface area contributed by atoms with Crippen molar-refractivity contribution >= 4 is 16.8 Å². The first kappa shape index (κ1) is 14.4. The number of likely N-dealkylation sites (N-methyl/N-ethyl adjacent to an activating group) is 1. The van der Waals surface area contributed by atoms with Crippen LogP contribution in [0.4, 0.5) is 0 Å². The third-order valence-corrected chi connectivity index (χ3v) is 4.17. The lowest BCUT2D eigenvalue weighted by atomic mass is 10.1. The molecule has 0 spiro atoms. The predicted octanol–water partition coefficient (Wildman–Crippen LogP) is 2.75. The number of hydrogen-bond donors (Lipinski definition) is 1. The molecule has 1 N–H and O–H groups in total. The molecule has 5 nitrogen and oxygen atoms in total. The molecule has 114 valence electrons. The van der Waals surface area contributed by atoms with Gasteiger partial charge in [-0.3, -0.25) is 4.79 Å². The number of nitrogens with one attached hydrogen (secondary N) is 1. The van der Waals surface area contributed by atoms with Crippen LogP contribution in [-0.2, 0) is 6.54 Å². The van der Waals surface area contributed by atoms with Crippen LogP contribution < -0.4 is 0 Å². The average Bonchev–Trinajstić information content (AvgIpc) is 3.13. The number of nitrogens with zero attached hydrogens (tertiary/aromatic N) is 3. The van der Waals surface area contributed by atoms with Crippen molar-refractivity contribution in [1.82, 2.24) is 19.4 Å². The molecule has 2 heterocycles. The number of aryl methyl sites for hydroxylation is 2. The number of hydrogen-bond acceptors (Lipinski definition) is 2. The molecule has 0 bridgehead atoms. The minimum atomic E-state index is 0.0342. The maximum Gasteiger partial charge on any atom is 0.255 e.